The van der Waals surface area contributed by atoms with Crippen LogP contribution in [0.25, 0.3) is 0 Å². The third-order valence-electron chi connectivity index (χ3n) is 2.45. The topological polar surface area (TPSA) is 55.4 Å². The summed E-state index contributed by atoms with van der Waals surface area (Å²) in [4.78, 5) is 24.0. The zero-order valence-electron chi connectivity index (χ0n) is 10.7. The summed E-state index contributed by atoms with van der Waals surface area (Å²) in [6.45, 7) is 2.09. The Morgan fingerprint density at radius 1 is 1.20 bits per heavy atom. The predicted molar refractivity (Wildman–Crippen MR) is 82.4 cm³/mol. The highest BCUT2D eigenvalue weighted by atomic mass is 79.9. The zero-order chi connectivity index (χ0) is 14.5. The van der Waals surface area contributed by atoms with Crippen molar-refractivity contribution in [2.24, 2.45) is 0 Å². The summed E-state index contributed by atoms with van der Waals surface area (Å²) < 4.78 is 5.79. The van der Waals surface area contributed by atoms with Crippen LogP contribution < -0.4 is 5.32 Å². The number of hydrogen-bond donors (Lipinski definition) is 1. The lowest BCUT2D eigenvalue weighted by molar-refractivity contribution is 0.0526. The second-order valence-electron chi connectivity index (χ2n) is 3.86. The minimum absolute atomic E-state index is 0.176. The molecule has 104 valence electrons. The van der Waals surface area contributed by atoms with Gasteiger partial charge in [0.15, 0.2) is 0 Å². The van der Waals surface area contributed by atoms with Gasteiger partial charge in [0.25, 0.3) is 5.91 Å². The van der Waals surface area contributed by atoms with Crippen LogP contribution in [0.3, 0.4) is 0 Å². The molecule has 1 aromatic heterocycles. The first-order valence-corrected chi connectivity index (χ1v) is 7.55. The Hall–Kier alpha value is -1.66. The van der Waals surface area contributed by atoms with Crippen LogP contribution in [0.1, 0.15) is 27.0 Å². The van der Waals surface area contributed by atoms with E-state index in [1.54, 1.807) is 37.3 Å². The average molecular weight is 354 g/mol. The fraction of sp³-hybridized carbons (Fsp3) is 0.143. The van der Waals surface area contributed by atoms with Crippen molar-refractivity contribution in [1.82, 2.24) is 0 Å². The normalized spacial score (nSPS) is 10.1. The number of carbonyl (C=O) groups is 2. The van der Waals surface area contributed by atoms with Gasteiger partial charge in [0, 0.05) is 5.69 Å². The van der Waals surface area contributed by atoms with Crippen LogP contribution >= 0.6 is 27.3 Å². The number of thiophene rings is 1. The van der Waals surface area contributed by atoms with E-state index in [2.05, 4.69) is 21.2 Å². The van der Waals surface area contributed by atoms with Crippen molar-refractivity contribution in [3.8, 4) is 0 Å². The first-order valence-electron chi connectivity index (χ1n) is 5.94. The van der Waals surface area contributed by atoms with Crippen LogP contribution in [0, 0.1) is 0 Å². The lowest BCUT2D eigenvalue weighted by Gasteiger charge is -2.05. The SMILES string of the molecule is CCOC(=O)c1ccc(NC(=O)c2ccc(Br)s2)cc1. The van der Waals surface area contributed by atoms with Crippen molar-refractivity contribution in [1.29, 1.82) is 0 Å². The molecule has 0 radical (unpaired) electrons. The van der Waals surface area contributed by atoms with Crippen LogP contribution in [0.4, 0.5) is 5.69 Å². The molecular weight excluding hydrogens is 342 g/mol. The van der Waals surface area contributed by atoms with Gasteiger partial charge in [-0.1, -0.05) is 0 Å². The molecule has 0 aliphatic carbocycles. The van der Waals surface area contributed by atoms with Gasteiger partial charge in [-0.2, -0.15) is 0 Å². The molecule has 1 N–H and O–H groups in total. The molecule has 20 heavy (non-hydrogen) atoms. The highest BCUT2D eigenvalue weighted by molar-refractivity contribution is 9.11. The van der Waals surface area contributed by atoms with Gasteiger partial charge in [-0.15, -0.1) is 11.3 Å². The number of esters is 1. The molecule has 2 aromatic rings. The molecule has 6 heteroatoms. The fourth-order valence-corrected chi connectivity index (χ4v) is 2.81. The monoisotopic (exact) mass is 353 g/mol. The van der Waals surface area contributed by atoms with Gasteiger partial charge in [-0.05, 0) is 59.3 Å². The van der Waals surface area contributed by atoms with E-state index in [1.807, 2.05) is 6.07 Å². The van der Waals surface area contributed by atoms with E-state index in [4.69, 9.17) is 4.74 Å². The molecule has 0 aliphatic rings. The molecule has 0 saturated heterocycles. The number of rotatable bonds is 4. The standard InChI is InChI=1S/C14H12BrNO3S/c1-2-19-14(18)9-3-5-10(6-4-9)16-13(17)11-7-8-12(15)20-11/h3-8H,2H2,1H3,(H,16,17). The van der Waals surface area contributed by atoms with E-state index in [9.17, 15) is 9.59 Å². The van der Waals surface area contributed by atoms with E-state index in [0.29, 0.717) is 22.7 Å². The fourth-order valence-electron chi connectivity index (χ4n) is 1.53. The van der Waals surface area contributed by atoms with Gasteiger partial charge >= 0.3 is 5.97 Å². The molecule has 0 bridgehead atoms. The summed E-state index contributed by atoms with van der Waals surface area (Å²) in [7, 11) is 0. The van der Waals surface area contributed by atoms with Crippen LogP contribution in [-0.4, -0.2) is 18.5 Å². The Balaban J connectivity index is 2.04. The van der Waals surface area contributed by atoms with Gasteiger partial charge in [0.2, 0.25) is 0 Å². The van der Waals surface area contributed by atoms with Crippen molar-refractivity contribution >= 4 is 44.8 Å². The number of halogens is 1. The highest BCUT2D eigenvalue weighted by Gasteiger charge is 2.10. The number of ether oxygens (including phenoxy) is 1. The molecule has 1 amide bonds. The van der Waals surface area contributed by atoms with Crippen molar-refractivity contribution < 1.29 is 14.3 Å². The minimum Gasteiger partial charge on any atom is -0.462 e. The van der Waals surface area contributed by atoms with E-state index < -0.39 is 0 Å². The molecule has 4 nitrogen and oxygen atoms in total. The van der Waals surface area contributed by atoms with Crippen molar-refractivity contribution in [2.45, 2.75) is 6.92 Å². The predicted octanol–water partition coefficient (Wildman–Crippen LogP) is 3.94. The summed E-state index contributed by atoms with van der Waals surface area (Å²) in [5.74, 6) is -0.544. The first-order chi connectivity index (χ1) is 9.60. The second kappa shape index (κ2) is 6.67. The average Bonchev–Trinajstić information content (AvgIpc) is 2.86. The molecule has 0 fully saturated rings. The maximum absolute atomic E-state index is 11.9. The quantitative estimate of drug-likeness (QED) is 0.847. The van der Waals surface area contributed by atoms with E-state index >= 15 is 0 Å². The lowest BCUT2D eigenvalue weighted by Crippen LogP contribution is -2.10. The maximum atomic E-state index is 11.9. The third-order valence-corrected chi connectivity index (χ3v) is 4.07. The highest BCUT2D eigenvalue weighted by Crippen LogP contribution is 2.23. The number of hydrogen-bond acceptors (Lipinski definition) is 4. The Labute approximate surface area is 128 Å². The second-order valence-corrected chi connectivity index (χ2v) is 6.32. The molecule has 0 aliphatic heterocycles. The molecule has 0 saturated carbocycles. The summed E-state index contributed by atoms with van der Waals surface area (Å²) in [5.41, 5.74) is 1.09. The molecule has 0 spiro atoms. The van der Waals surface area contributed by atoms with Crippen LogP contribution in [-0.2, 0) is 4.74 Å². The van der Waals surface area contributed by atoms with Crippen molar-refractivity contribution in [3.63, 3.8) is 0 Å². The third kappa shape index (κ3) is 3.68. The molecule has 1 aromatic carbocycles. The van der Waals surface area contributed by atoms with Gasteiger partial charge in [0.1, 0.15) is 0 Å². The summed E-state index contributed by atoms with van der Waals surface area (Å²) in [6, 6.07) is 10.2. The van der Waals surface area contributed by atoms with Gasteiger partial charge in [-0.25, -0.2) is 4.79 Å². The Morgan fingerprint density at radius 2 is 1.90 bits per heavy atom. The van der Waals surface area contributed by atoms with Crippen LogP contribution in [0.2, 0.25) is 0 Å². The van der Waals surface area contributed by atoms with Crippen LogP contribution in [0.15, 0.2) is 40.2 Å². The number of benzene rings is 1. The molecule has 0 atom stereocenters. The maximum Gasteiger partial charge on any atom is 0.338 e. The van der Waals surface area contributed by atoms with E-state index in [0.717, 1.165) is 3.79 Å². The number of anilines is 1. The Bertz CT molecular complexity index is 622. The molecular formula is C14H12BrNO3S. The first kappa shape index (κ1) is 14.7. The lowest BCUT2D eigenvalue weighted by atomic mass is 10.2. The summed E-state index contributed by atoms with van der Waals surface area (Å²) in [6.07, 6.45) is 0. The van der Waals surface area contributed by atoms with Gasteiger partial charge < -0.3 is 10.1 Å². The number of nitrogens with one attached hydrogen (secondary N) is 1. The van der Waals surface area contributed by atoms with E-state index in [1.165, 1.54) is 11.3 Å². The molecule has 0 unspecified atom stereocenters. The summed E-state index contributed by atoms with van der Waals surface area (Å²) >= 11 is 4.67. The Morgan fingerprint density at radius 3 is 2.45 bits per heavy atom. The van der Waals surface area contributed by atoms with Gasteiger partial charge in [0.05, 0.1) is 20.8 Å². The van der Waals surface area contributed by atoms with Crippen LogP contribution in [0.5, 0.6) is 0 Å². The molecule has 1 heterocycles. The largest absolute Gasteiger partial charge is 0.462 e. The number of carbonyl (C=O) groups excluding carboxylic acids is 2. The molecule has 2 rings (SSSR count). The number of amides is 1. The van der Waals surface area contributed by atoms with Gasteiger partial charge in [-0.3, -0.25) is 4.79 Å². The van der Waals surface area contributed by atoms with E-state index in [-0.39, 0.29) is 11.9 Å². The summed E-state index contributed by atoms with van der Waals surface area (Å²) in [5, 5.41) is 2.77. The zero-order valence-corrected chi connectivity index (χ0v) is 13.1. The smallest absolute Gasteiger partial charge is 0.338 e. The minimum atomic E-state index is -0.368. The van der Waals surface area contributed by atoms with Crippen molar-refractivity contribution in [2.75, 3.05) is 11.9 Å². The van der Waals surface area contributed by atoms with Crippen molar-refractivity contribution in [3.05, 3.63) is 50.6 Å². The Kier molecular flexibility index (Phi) is 4.92.